The molecule has 0 bridgehead atoms. The number of rotatable bonds is 8. The molecule has 3 aliphatic heterocycles. The smallest absolute Gasteiger partial charge is 0.543 e. The van der Waals surface area contributed by atoms with E-state index in [1.165, 1.54) is 30.8 Å². The van der Waals surface area contributed by atoms with Crippen molar-refractivity contribution in [3.63, 3.8) is 0 Å². The fraction of sp³-hybridized carbons (Fsp3) is 0.533. The summed E-state index contributed by atoms with van der Waals surface area (Å²) in [6.07, 6.45) is 0. The van der Waals surface area contributed by atoms with E-state index in [0.717, 1.165) is 11.8 Å². The summed E-state index contributed by atoms with van der Waals surface area (Å²) in [6, 6.07) is -0.992. The van der Waals surface area contributed by atoms with Crippen molar-refractivity contribution in [3.05, 3.63) is 11.3 Å². The largest absolute Gasteiger partial charge is 1.00 e. The Bertz CT molecular complexity index is 882. The van der Waals surface area contributed by atoms with Crippen LogP contribution in [0.3, 0.4) is 0 Å². The first kappa shape index (κ1) is 25.5. The number of oxime groups is 1. The number of amides is 2. The number of fused-ring (bicyclic) bond motifs is 1. The number of carbonyl (C=O) groups is 4. The molecule has 1 N–H and O–H groups in total. The molecule has 3 heterocycles. The van der Waals surface area contributed by atoms with Crippen molar-refractivity contribution < 1.29 is 58.7 Å². The van der Waals surface area contributed by atoms with Gasteiger partial charge < -0.3 is 20.1 Å². The molecule has 16 heteroatoms. The van der Waals surface area contributed by atoms with E-state index in [1.54, 1.807) is 16.5 Å². The zero-order chi connectivity index (χ0) is 22.0. The van der Waals surface area contributed by atoms with E-state index in [9.17, 15) is 24.3 Å². The van der Waals surface area contributed by atoms with Crippen LogP contribution >= 0.6 is 23.7 Å². The van der Waals surface area contributed by atoms with Gasteiger partial charge in [0.25, 0.3) is 11.8 Å². The van der Waals surface area contributed by atoms with Gasteiger partial charge in [-0.05, 0) is 22.7 Å². The Morgan fingerprint density at radius 3 is 2.65 bits per heavy atom. The molecule has 1 unspecified atom stereocenters. The van der Waals surface area contributed by atoms with E-state index in [-0.39, 0.29) is 41.0 Å². The van der Waals surface area contributed by atoms with Crippen LogP contribution in [0.2, 0.25) is 0 Å². The van der Waals surface area contributed by atoms with E-state index < -0.39 is 40.7 Å². The van der Waals surface area contributed by atoms with Gasteiger partial charge in [-0.1, -0.05) is 10.4 Å². The topological polar surface area (TPSA) is 159 Å². The van der Waals surface area contributed by atoms with Gasteiger partial charge >= 0.3 is 29.6 Å². The first-order valence-electron chi connectivity index (χ1n) is 8.58. The van der Waals surface area contributed by atoms with Gasteiger partial charge in [-0.25, -0.2) is 0 Å². The summed E-state index contributed by atoms with van der Waals surface area (Å²) in [5.74, 6) is -2.97. The van der Waals surface area contributed by atoms with Crippen LogP contribution < -0.4 is 40.0 Å². The number of carboxylic acids is 1. The van der Waals surface area contributed by atoms with Crippen LogP contribution in [0, 0.1) is 0 Å². The molecule has 1 saturated heterocycles. The Kier molecular flexibility index (Phi) is 8.76. The minimum atomic E-state index is -1.47. The predicted octanol–water partition coefficient (Wildman–Crippen LogP) is -4.88. The van der Waals surface area contributed by atoms with Crippen LogP contribution in [-0.2, 0) is 24.0 Å². The van der Waals surface area contributed by atoms with Crippen molar-refractivity contribution in [3.8, 4) is 0 Å². The SMILES string of the molecule is CON=C(C(C)=O)C(=O)NC1C(=O)N2C(C(=O)[O-])=C(CSN3CN(C)N=N3)CS[C@H]12.[Na+]. The van der Waals surface area contributed by atoms with Crippen molar-refractivity contribution >= 4 is 53.0 Å². The van der Waals surface area contributed by atoms with E-state index in [4.69, 9.17) is 0 Å². The van der Waals surface area contributed by atoms with E-state index >= 15 is 0 Å². The Morgan fingerprint density at radius 1 is 1.39 bits per heavy atom. The average Bonchev–Trinajstić information content (AvgIpc) is 3.12. The first-order valence-corrected chi connectivity index (χ1v) is 10.6. The molecular weight excluding hydrogens is 461 g/mol. The molecule has 2 amide bonds. The maximum Gasteiger partial charge on any atom is 1.00 e. The number of β-lactam (4-membered cyclic amide) rings is 1. The maximum absolute atomic E-state index is 12.6. The number of nitrogens with one attached hydrogen (secondary N) is 1. The van der Waals surface area contributed by atoms with Crippen molar-refractivity contribution in [1.82, 2.24) is 19.6 Å². The Labute approximate surface area is 208 Å². The zero-order valence-corrected chi connectivity index (χ0v) is 20.9. The first-order chi connectivity index (χ1) is 14.2. The van der Waals surface area contributed by atoms with Gasteiger partial charge in [0.15, 0.2) is 5.78 Å². The number of thioether (sulfide) groups is 1. The Morgan fingerprint density at radius 2 is 2.10 bits per heavy atom. The van der Waals surface area contributed by atoms with Gasteiger partial charge in [0.1, 0.15) is 25.2 Å². The van der Waals surface area contributed by atoms with Crippen LogP contribution in [-0.4, -0.2) is 87.3 Å². The molecular formula is C15H18N7NaO6S2. The summed E-state index contributed by atoms with van der Waals surface area (Å²) in [7, 11) is 2.93. The Hall–Kier alpha value is -1.81. The third-order valence-electron chi connectivity index (χ3n) is 4.26. The fourth-order valence-electron chi connectivity index (χ4n) is 2.91. The van der Waals surface area contributed by atoms with E-state index in [1.807, 2.05) is 0 Å². The molecule has 0 spiro atoms. The molecule has 0 aromatic heterocycles. The van der Waals surface area contributed by atoms with E-state index in [2.05, 4.69) is 25.8 Å². The number of ketones is 1. The van der Waals surface area contributed by atoms with Gasteiger partial charge in [-0.3, -0.25) is 24.3 Å². The minimum Gasteiger partial charge on any atom is -0.543 e. The van der Waals surface area contributed by atoms with Crippen LogP contribution in [0.25, 0.3) is 0 Å². The van der Waals surface area contributed by atoms with Crippen LogP contribution in [0.4, 0.5) is 0 Å². The zero-order valence-electron chi connectivity index (χ0n) is 17.2. The standard InChI is InChI=1S/C15H19N7O6S2.Na/c1-7(23)9(17-28-3)12(24)16-10-13(25)22-11(15(26)27)8(4-29-14(10)22)5-30-21-6-20(2)18-19-21;/h10,14H,4-6H2,1-3H3,(H,16,24)(H,26,27);/q;+1/p-1/t10?,14-;/m1./s1. The Balaban J connectivity index is 0.00000341. The summed E-state index contributed by atoms with van der Waals surface area (Å²) in [6.45, 7) is 1.59. The number of Topliss-reactive ketones (excluding diaryl/α,β-unsaturated/α-hetero) is 1. The quantitative estimate of drug-likeness (QED) is 0.0893. The molecule has 0 aromatic carbocycles. The molecule has 0 saturated carbocycles. The molecule has 1 fully saturated rings. The molecule has 0 aromatic rings. The third-order valence-corrected chi connectivity index (χ3v) is 6.57. The molecule has 3 rings (SSSR count). The van der Waals surface area contributed by atoms with E-state index in [0.29, 0.717) is 18.0 Å². The van der Waals surface area contributed by atoms with Crippen molar-refractivity contribution in [2.75, 3.05) is 32.3 Å². The number of nitrogens with zero attached hydrogens (tertiary/aromatic N) is 6. The number of aliphatic carboxylic acids is 1. The summed E-state index contributed by atoms with van der Waals surface area (Å²) in [5.41, 5.74) is -0.180. The summed E-state index contributed by atoms with van der Waals surface area (Å²) in [5, 5.41) is 26.3. The number of carboxylic acid groups (broad SMARTS) is 1. The molecule has 0 aliphatic carbocycles. The molecule has 2 atom stereocenters. The van der Waals surface area contributed by atoms with Gasteiger partial charge in [0.05, 0.1) is 11.7 Å². The maximum atomic E-state index is 12.6. The molecule has 13 nitrogen and oxygen atoms in total. The summed E-state index contributed by atoms with van der Waals surface area (Å²) >= 11 is 2.56. The summed E-state index contributed by atoms with van der Waals surface area (Å²) < 4.78 is 1.59. The molecule has 0 radical (unpaired) electrons. The molecule has 31 heavy (non-hydrogen) atoms. The van der Waals surface area contributed by atoms with Gasteiger partial charge in [-0.15, -0.1) is 11.8 Å². The molecule has 162 valence electrons. The van der Waals surface area contributed by atoms with Crippen molar-refractivity contribution in [2.45, 2.75) is 18.3 Å². The van der Waals surface area contributed by atoms with Gasteiger partial charge in [0.2, 0.25) is 5.71 Å². The molecule has 3 aliphatic rings. The van der Waals surface area contributed by atoms with Crippen molar-refractivity contribution in [1.29, 1.82) is 0 Å². The van der Waals surface area contributed by atoms with Crippen LogP contribution in [0.15, 0.2) is 26.9 Å². The normalized spacial score (nSPS) is 22.6. The third kappa shape index (κ3) is 5.34. The minimum absolute atomic E-state index is 0. The monoisotopic (exact) mass is 479 g/mol. The van der Waals surface area contributed by atoms with Crippen LogP contribution in [0.5, 0.6) is 0 Å². The second-order valence-corrected chi connectivity index (χ2v) is 8.46. The average molecular weight is 479 g/mol. The number of carbonyl (C=O) groups excluding carboxylic acids is 4. The summed E-state index contributed by atoms with van der Waals surface area (Å²) in [4.78, 5) is 53.7. The van der Waals surface area contributed by atoms with Gasteiger partial charge in [0, 0.05) is 25.5 Å². The van der Waals surface area contributed by atoms with Crippen LogP contribution in [0.1, 0.15) is 6.92 Å². The predicted molar refractivity (Wildman–Crippen MR) is 104 cm³/mol. The number of hydrogen-bond acceptors (Lipinski definition) is 13. The second-order valence-electron chi connectivity index (χ2n) is 6.38. The van der Waals surface area contributed by atoms with Gasteiger partial charge in [-0.2, -0.15) is 4.41 Å². The fourth-order valence-corrected chi connectivity index (χ4v) is 5.26. The van der Waals surface area contributed by atoms with Crippen molar-refractivity contribution in [2.24, 2.45) is 15.6 Å². The second kappa shape index (κ2) is 10.7. The number of hydrogen-bond donors (Lipinski definition) is 1.